The Kier molecular flexibility index (Phi) is 10.6. The number of methoxy groups -OCH3 is 1. The number of nitrogens with one attached hydrogen (secondary N) is 3. The normalized spacial score (nSPS) is 11.6. The van der Waals surface area contributed by atoms with Crippen LogP contribution in [-0.4, -0.2) is 43.7 Å². The fourth-order valence-corrected chi connectivity index (χ4v) is 3.57. The number of halogens is 2. The number of benzene rings is 2. The van der Waals surface area contributed by atoms with Gasteiger partial charge in [0.1, 0.15) is 0 Å². The van der Waals surface area contributed by atoms with E-state index in [0.29, 0.717) is 37.8 Å². The number of hydrogen-bond acceptors (Lipinski definition) is 6. The molecule has 0 unspecified atom stereocenters. The molecule has 3 N–H and O–H groups in total. The zero-order valence-corrected chi connectivity index (χ0v) is 22.1. The Labute approximate surface area is 216 Å². The van der Waals surface area contributed by atoms with E-state index in [0.717, 1.165) is 5.56 Å². The van der Waals surface area contributed by atoms with E-state index >= 15 is 0 Å². The fourth-order valence-electron chi connectivity index (χ4n) is 2.61. The van der Waals surface area contributed by atoms with Gasteiger partial charge < -0.3 is 20.1 Å². The van der Waals surface area contributed by atoms with E-state index in [1.54, 1.807) is 31.2 Å². The largest absolute Gasteiger partial charge is 0.493 e. The molecule has 0 aromatic heterocycles. The molecular formula is C23H26ClIN4O5. The zero-order chi connectivity index (χ0) is 25.3. The minimum absolute atomic E-state index is 0.114. The molecule has 9 nitrogen and oxygen atoms in total. The number of ether oxygens (including phenoxy) is 2. The summed E-state index contributed by atoms with van der Waals surface area (Å²) >= 11 is 8.03. The van der Waals surface area contributed by atoms with Gasteiger partial charge in [0.05, 0.1) is 16.9 Å². The Bertz CT molecular complexity index is 1090. The standard InChI is InChI=1S/C23H26ClIN4O5/c1-5-14(3)27-22(31)23(32)29-26-11-15-8-17(25)21(19(9-15)33-4)34-12-20(30)28-18-10-16(24)7-6-13(18)2/h6-11,14H,5,12H2,1-4H3,(H,27,31)(H,28,30)(H,29,32)/b26-11-/t14-/m0/s1. The topological polar surface area (TPSA) is 118 Å². The van der Waals surface area contributed by atoms with Gasteiger partial charge in [-0.05, 0) is 78.3 Å². The van der Waals surface area contributed by atoms with Crippen molar-refractivity contribution >= 4 is 63.8 Å². The molecule has 0 spiro atoms. The SMILES string of the molecule is CC[C@H](C)NC(=O)C(=O)N/N=C\c1cc(I)c(OCC(=O)Nc2cc(Cl)ccc2C)c(OC)c1. The molecular weight excluding hydrogens is 575 g/mol. The number of rotatable bonds is 9. The van der Waals surface area contributed by atoms with Gasteiger partial charge >= 0.3 is 11.8 Å². The van der Waals surface area contributed by atoms with Crippen molar-refractivity contribution in [2.75, 3.05) is 19.0 Å². The first-order valence-corrected chi connectivity index (χ1v) is 11.8. The molecule has 182 valence electrons. The molecule has 11 heteroatoms. The molecule has 0 aliphatic carbocycles. The van der Waals surface area contributed by atoms with Crippen LogP contribution in [0.1, 0.15) is 31.4 Å². The molecule has 0 saturated heterocycles. The van der Waals surface area contributed by atoms with E-state index < -0.39 is 11.8 Å². The summed E-state index contributed by atoms with van der Waals surface area (Å²) in [5.41, 5.74) is 4.26. The fraction of sp³-hybridized carbons (Fsp3) is 0.304. The lowest BCUT2D eigenvalue weighted by Gasteiger charge is -2.14. The Morgan fingerprint density at radius 2 is 1.94 bits per heavy atom. The number of carbonyl (C=O) groups is 3. The average Bonchev–Trinajstić information content (AvgIpc) is 2.80. The maximum atomic E-state index is 12.4. The van der Waals surface area contributed by atoms with Gasteiger partial charge in [0, 0.05) is 16.8 Å². The van der Waals surface area contributed by atoms with Crippen molar-refractivity contribution in [1.82, 2.24) is 10.7 Å². The summed E-state index contributed by atoms with van der Waals surface area (Å²) in [6.07, 6.45) is 2.08. The lowest BCUT2D eigenvalue weighted by Crippen LogP contribution is -2.41. The zero-order valence-electron chi connectivity index (χ0n) is 19.2. The van der Waals surface area contributed by atoms with Crippen molar-refractivity contribution in [3.63, 3.8) is 0 Å². The predicted molar refractivity (Wildman–Crippen MR) is 140 cm³/mol. The molecule has 0 aliphatic heterocycles. The van der Waals surface area contributed by atoms with Gasteiger partial charge in [0.2, 0.25) is 0 Å². The van der Waals surface area contributed by atoms with Crippen molar-refractivity contribution in [3.05, 3.63) is 50.1 Å². The molecule has 0 saturated carbocycles. The van der Waals surface area contributed by atoms with E-state index in [9.17, 15) is 14.4 Å². The lowest BCUT2D eigenvalue weighted by molar-refractivity contribution is -0.139. The average molecular weight is 601 g/mol. The molecule has 0 heterocycles. The first-order valence-electron chi connectivity index (χ1n) is 10.3. The van der Waals surface area contributed by atoms with Gasteiger partial charge in [-0.25, -0.2) is 5.43 Å². The van der Waals surface area contributed by atoms with Crippen molar-refractivity contribution in [1.29, 1.82) is 0 Å². The van der Waals surface area contributed by atoms with Gasteiger partial charge in [-0.1, -0.05) is 24.6 Å². The number of hydrogen-bond donors (Lipinski definition) is 3. The van der Waals surface area contributed by atoms with Crippen LogP contribution in [0, 0.1) is 10.5 Å². The second-order valence-electron chi connectivity index (χ2n) is 7.31. The van der Waals surface area contributed by atoms with E-state index in [1.807, 2.05) is 42.5 Å². The van der Waals surface area contributed by atoms with Crippen LogP contribution in [0.25, 0.3) is 0 Å². The van der Waals surface area contributed by atoms with Crippen LogP contribution < -0.4 is 25.5 Å². The van der Waals surface area contributed by atoms with Crippen LogP contribution in [0.15, 0.2) is 35.4 Å². The highest BCUT2D eigenvalue weighted by Gasteiger charge is 2.16. The van der Waals surface area contributed by atoms with E-state index in [-0.39, 0.29) is 18.6 Å². The number of carbonyl (C=O) groups excluding carboxylic acids is 3. The highest BCUT2D eigenvalue weighted by atomic mass is 127. The summed E-state index contributed by atoms with van der Waals surface area (Å²) in [5, 5.41) is 9.66. The first kappa shape index (κ1) is 27.4. The maximum absolute atomic E-state index is 12.4. The lowest BCUT2D eigenvalue weighted by atomic mass is 10.2. The van der Waals surface area contributed by atoms with Crippen molar-refractivity contribution in [2.45, 2.75) is 33.2 Å². The third-order valence-corrected chi connectivity index (χ3v) is 5.69. The number of aryl methyl sites for hydroxylation is 1. The van der Waals surface area contributed by atoms with Crippen molar-refractivity contribution in [2.24, 2.45) is 5.10 Å². The summed E-state index contributed by atoms with van der Waals surface area (Å²) < 4.78 is 11.7. The molecule has 2 aromatic carbocycles. The third-order valence-electron chi connectivity index (χ3n) is 4.65. The van der Waals surface area contributed by atoms with Crippen LogP contribution in [0.4, 0.5) is 5.69 Å². The highest BCUT2D eigenvalue weighted by molar-refractivity contribution is 14.1. The predicted octanol–water partition coefficient (Wildman–Crippen LogP) is 3.64. The quantitative estimate of drug-likeness (QED) is 0.176. The van der Waals surface area contributed by atoms with Crippen molar-refractivity contribution < 1.29 is 23.9 Å². The molecule has 34 heavy (non-hydrogen) atoms. The third kappa shape index (κ3) is 8.17. The molecule has 0 fully saturated rings. The van der Waals surface area contributed by atoms with Crippen LogP contribution in [0.5, 0.6) is 11.5 Å². The molecule has 2 aromatic rings. The Balaban J connectivity index is 2.01. The van der Waals surface area contributed by atoms with Crippen LogP contribution >= 0.6 is 34.2 Å². The number of nitrogens with zero attached hydrogens (tertiary/aromatic N) is 1. The van der Waals surface area contributed by atoms with E-state index in [2.05, 4.69) is 21.2 Å². The molecule has 0 bridgehead atoms. The van der Waals surface area contributed by atoms with Gasteiger partial charge in [-0.2, -0.15) is 5.10 Å². The Morgan fingerprint density at radius 3 is 2.62 bits per heavy atom. The second-order valence-corrected chi connectivity index (χ2v) is 8.91. The summed E-state index contributed by atoms with van der Waals surface area (Å²) in [6, 6.07) is 8.47. The Hall–Kier alpha value is -2.86. The van der Waals surface area contributed by atoms with Crippen molar-refractivity contribution in [3.8, 4) is 11.5 Å². The summed E-state index contributed by atoms with van der Waals surface area (Å²) in [7, 11) is 1.47. The van der Waals surface area contributed by atoms with Gasteiger partial charge in [-0.3, -0.25) is 14.4 Å². The number of amides is 3. The summed E-state index contributed by atoms with van der Waals surface area (Å²) in [6.45, 7) is 5.32. The van der Waals surface area contributed by atoms with Crippen LogP contribution in [-0.2, 0) is 14.4 Å². The van der Waals surface area contributed by atoms with Gasteiger partial charge in [0.25, 0.3) is 5.91 Å². The molecule has 1 atom stereocenters. The van der Waals surface area contributed by atoms with E-state index in [4.69, 9.17) is 21.1 Å². The van der Waals surface area contributed by atoms with Crippen LogP contribution in [0.2, 0.25) is 5.02 Å². The maximum Gasteiger partial charge on any atom is 0.329 e. The highest BCUT2D eigenvalue weighted by Crippen LogP contribution is 2.33. The number of hydrazone groups is 1. The van der Waals surface area contributed by atoms with Gasteiger partial charge in [0.15, 0.2) is 18.1 Å². The smallest absolute Gasteiger partial charge is 0.329 e. The molecule has 3 amide bonds. The number of anilines is 1. The molecule has 0 radical (unpaired) electrons. The van der Waals surface area contributed by atoms with E-state index in [1.165, 1.54) is 13.3 Å². The minimum Gasteiger partial charge on any atom is -0.493 e. The van der Waals surface area contributed by atoms with Gasteiger partial charge in [-0.15, -0.1) is 0 Å². The molecule has 2 rings (SSSR count). The van der Waals surface area contributed by atoms with Crippen LogP contribution in [0.3, 0.4) is 0 Å². The Morgan fingerprint density at radius 1 is 1.21 bits per heavy atom. The second kappa shape index (κ2) is 13.1. The molecule has 0 aliphatic rings. The minimum atomic E-state index is -0.862. The summed E-state index contributed by atoms with van der Waals surface area (Å²) in [5.74, 6) is -1.21. The first-order chi connectivity index (χ1) is 16.1. The summed E-state index contributed by atoms with van der Waals surface area (Å²) in [4.78, 5) is 35.9. The monoisotopic (exact) mass is 600 g/mol.